The van der Waals surface area contributed by atoms with Gasteiger partial charge in [-0.3, -0.25) is 0 Å². The van der Waals surface area contributed by atoms with E-state index in [9.17, 15) is 0 Å². The highest BCUT2D eigenvalue weighted by Crippen LogP contribution is 2.54. The number of rotatable bonds is 9. The smallest absolute Gasteiger partial charge is 0.258 e. The number of hydrogen-bond acceptors (Lipinski definition) is 8. The highest BCUT2D eigenvalue weighted by atomic mass is 17.2. The molecule has 32 heavy (non-hydrogen) atoms. The third-order valence-corrected chi connectivity index (χ3v) is 6.48. The molecule has 2 aliphatic heterocycles. The van der Waals surface area contributed by atoms with Crippen molar-refractivity contribution in [3.8, 4) is 28.7 Å². The van der Waals surface area contributed by atoms with Crippen molar-refractivity contribution in [2.45, 2.75) is 50.7 Å². The van der Waals surface area contributed by atoms with E-state index in [4.69, 9.17) is 38.8 Å². The van der Waals surface area contributed by atoms with Gasteiger partial charge in [0.1, 0.15) is 11.5 Å². The topological polar surface area (TPSA) is 77.1 Å². The molecule has 0 amide bonds. The summed E-state index contributed by atoms with van der Waals surface area (Å²) in [5.74, 6) is 3.02. The molecule has 1 aliphatic carbocycles. The first-order valence-corrected chi connectivity index (χ1v) is 11.0. The van der Waals surface area contributed by atoms with Crippen LogP contribution in [0.4, 0.5) is 0 Å². The first-order chi connectivity index (χ1) is 15.7. The van der Waals surface area contributed by atoms with Crippen LogP contribution in [0.3, 0.4) is 0 Å². The second kappa shape index (κ2) is 9.15. The molecular formula is C24H28O8. The minimum atomic E-state index is 0.252. The molecule has 8 heteroatoms. The predicted molar refractivity (Wildman–Crippen MR) is 113 cm³/mol. The summed E-state index contributed by atoms with van der Waals surface area (Å²) < 4.78 is 12.1. The van der Waals surface area contributed by atoms with Gasteiger partial charge >= 0.3 is 0 Å². The van der Waals surface area contributed by atoms with Gasteiger partial charge in [-0.15, -0.1) is 0 Å². The van der Waals surface area contributed by atoms with Crippen molar-refractivity contribution >= 4 is 0 Å². The SMILES string of the molecule is COOc1c(CCC2CCC3OC3C2)c2c(c(OOC)c1OOC)Cc1ccccc1O2. The van der Waals surface area contributed by atoms with Gasteiger partial charge in [0.25, 0.3) is 5.75 Å². The highest BCUT2D eigenvalue weighted by molar-refractivity contribution is 5.69. The van der Waals surface area contributed by atoms with Crippen LogP contribution in [0, 0.1) is 5.92 Å². The Kier molecular flexibility index (Phi) is 6.10. The number of fused-ring (bicyclic) bond motifs is 3. The van der Waals surface area contributed by atoms with Crippen LogP contribution < -0.4 is 19.4 Å². The molecule has 3 aliphatic rings. The molecule has 3 unspecified atom stereocenters. The van der Waals surface area contributed by atoms with Crippen molar-refractivity contribution in [1.82, 2.24) is 0 Å². The van der Waals surface area contributed by atoms with Gasteiger partial charge in [-0.05, 0) is 49.7 Å². The van der Waals surface area contributed by atoms with Gasteiger partial charge in [-0.1, -0.05) is 18.2 Å². The first-order valence-electron chi connectivity index (χ1n) is 11.0. The number of para-hydroxylation sites is 1. The summed E-state index contributed by atoms with van der Waals surface area (Å²) in [7, 11) is 4.30. The summed E-state index contributed by atoms with van der Waals surface area (Å²) in [6.45, 7) is 0. The van der Waals surface area contributed by atoms with Crippen LogP contribution >= 0.6 is 0 Å². The fourth-order valence-electron chi connectivity index (χ4n) is 4.93. The number of epoxide rings is 1. The zero-order valence-corrected chi connectivity index (χ0v) is 18.6. The van der Waals surface area contributed by atoms with Crippen molar-refractivity contribution < 1.29 is 38.8 Å². The van der Waals surface area contributed by atoms with Crippen molar-refractivity contribution in [3.05, 3.63) is 41.0 Å². The molecule has 3 atom stereocenters. The fourth-order valence-corrected chi connectivity index (χ4v) is 4.93. The Bertz CT molecular complexity index is 975. The summed E-state index contributed by atoms with van der Waals surface area (Å²) in [5, 5.41) is 0. The van der Waals surface area contributed by atoms with Crippen LogP contribution in [0.2, 0.25) is 0 Å². The molecule has 1 saturated carbocycles. The van der Waals surface area contributed by atoms with Crippen molar-refractivity contribution in [2.24, 2.45) is 5.92 Å². The molecule has 1 saturated heterocycles. The molecular weight excluding hydrogens is 416 g/mol. The minimum Gasteiger partial charge on any atom is -0.456 e. The summed E-state index contributed by atoms with van der Waals surface area (Å²) in [6.07, 6.45) is 6.61. The maximum Gasteiger partial charge on any atom is 0.258 e. The summed E-state index contributed by atoms with van der Waals surface area (Å²) in [5.41, 5.74) is 2.70. The van der Waals surface area contributed by atoms with E-state index >= 15 is 0 Å². The summed E-state index contributed by atoms with van der Waals surface area (Å²) >= 11 is 0. The molecule has 0 N–H and O–H groups in total. The van der Waals surface area contributed by atoms with E-state index in [2.05, 4.69) is 0 Å². The standard InChI is InChI=1S/C24H28O8/c1-25-30-22-16(10-8-14-9-11-19-20(12-14)28-19)21-17(23(31-26-2)24(22)32-27-3)13-15-6-4-5-7-18(15)29-21/h4-7,14,19-20H,8-13H2,1-3H3. The van der Waals surface area contributed by atoms with Gasteiger partial charge in [0.05, 0.1) is 39.1 Å². The Hall–Kier alpha value is -2.52. The minimum absolute atomic E-state index is 0.252. The Labute approximate surface area is 187 Å². The molecule has 2 aromatic rings. The van der Waals surface area contributed by atoms with Crippen LogP contribution in [0.15, 0.2) is 24.3 Å². The molecule has 8 nitrogen and oxygen atoms in total. The van der Waals surface area contributed by atoms with Gasteiger partial charge in [-0.2, -0.15) is 14.7 Å². The largest absolute Gasteiger partial charge is 0.456 e. The van der Waals surface area contributed by atoms with E-state index in [1.165, 1.54) is 27.8 Å². The van der Waals surface area contributed by atoms with Crippen molar-refractivity contribution in [1.29, 1.82) is 0 Å². The molecule has 2 fully saturated rings. The summed E-state index contributed by atoms with van der Waals surface area (Å²) in [6, 6.07) is 7.93. The quantitative estimate of drug-likeness (QED) is 0.267. The zero-order valence-electron chi connectivity index (χ0n) is 18.6. The highest BCUT2D eigenvalue weighted by Gasteiger charge is 2.44. The second-order valence-corrected chi connectivity index (χ2v) is 8.34. The average molecular weight is 444 g/mol. The van der Waals surface area contributed by atoms with Crippen molar-refractivity contribution in [3.63, 3.8) is 0 Å². The molecule has 172 valence electrons. The van der Waals surface area contributed by atoms with E-state index in [0.717, 1.165) is 48.1 Å². The molecule has 5 rings (SSSR count). The van der Waals surface area contributed by atoms with Crippen molar-refractivity contribution in [2.75, 3.05) is 21.3 Å². The third-order valence-electron chi connectivity index (χ3n) is 6.48. The number of ether oxygens (including phenoxy) is 2. The van der Waals surface area contributed by atoms with Gasteiger partial charge in [0.2, 0.25) is 11.5 Å². The van der Waals surface area contributed by atoms with E-state index in [-0.39, 0.29) is 5.75 Å². The van der Waals surface area contributed by atoms with Gasteiger partial charge in [0, 0.05) is 12.0 Å². The lowest BCUT2D eigenvalue weighted by Gasteiger charge is -2.27. The lowest BCUT2D eigenvalue weighted by Crippen LogP contribution is -2.16. The van der Waals surface area contributed by atoms with E-state index in [1.54, 1.807) is 0 Å². The van der Waals surface area contributed by atoms with E-state index in [0.29, 0.717) is 41.8 Å². The maximum atomic E-state index is 6.39. The lowest BCUT2D eigenvalue weighted by atomic mass is 9.84. The molecule has 2 heterocycles. The summed E-state index contributed by atoms with van der Waals surface area (Å²) in [4.78, 5) is 31.7. The number of benzene rings is 2. The monoisotopic (exact) mass is 444 g/mol. The second-order valence-electron chi connectivity index (χ2n) is 8.34. The van der Waals surface area contributed by atoms with Crippen LogP contribution in [0.5, 0.6) is 28.7 Å². The number of hydrogen-bond donors (Lipinski definition) is 0. The van der Waals surface area contributed by atoms with Crippen LogP contribution in [0.25, 0.3) is 0 Å². The Morgan fingerprint density at radius 1 is 0.875 bits per heavy atom. The molecule has 2 aromatic carbocycles. The maximum absolute atomic E-state index is 6.39. The van der Waals surface area contributed by atoms with Crippen LogP contribution in [0.1, 0.15) is 42.4 Å². The van der Waals surface area contributed by atoms with E-state index in [1.807, 2.05) is 24.3 Å². The Morgan fingerprint density at radius 3 is 2.41 bits per heavy atom. The van der Waals surface area contributed by atoms with Gasteiger partial charge in [-0.25, -0.2) is 0 Å². The molecule has 0 bridgehead atoms. The molecule has 0 radical (unpaired) electrons. The average Bonchev–Trinajstić information content (AvgIpc) is 3.59. The molecule has 0 spiro atoms. The lowest BCUT2D eigenvalue weighted by molar-refractivity contribution is -0.214. The Morgan fingerprint density at radius 2 is 1.62 bits per heavy atom. The molecule has 0 aromatic heterocycles. The van der Waals surface area contributed by atoms with E-state index < -0.39 is 0 Å². The van der Waals surface area contributed by atoms with Gasteiger partial charge < -0.3 is 24.1 Å². The van der Waals surface area contributed by atoms with Crippen LogP contribution in [-0.2, 0) is 32.2 Å². The Balaban J connectivity index is 1.56. The van der Waals surface area contributed by atoms with Gasteiger partial charge in [0.15, 0.2) is 0 Å². The third kappa shape index (κ3) is 3.99. The predicted octanol–water partition coefficient (Wildman–Crippen LogP) is 4.70. The fraction of sp³-hybridized carbons (Fsp3) is 0.500. The van der Waals surface area contributed by atoms with Crippen LogP contribution in [-0.4, -0.2) is 33.5 Å². The first kappa shape index (κ1) is 21.3. The normalized spacial score (nSPS) is 22.8. The zero-order chi connectivity index (χ0) is 22.1.